The molecular formula is C15H18N2O4. The quantitative estimate of drug-likeness (QED) is 0.932. The molecule has 0 aliphatic carbocycles. The van der Waals surface area contributed by atoms with Crippen LogP contribution in [0.3, 0.4) is 0 Å². The number of hydrogen-bond donors (Lipinski definition) is 1. The van der Waals surface area contributed by atoms with Gasteiger partial charge in [-0.05, 0) is 18.2 Å². The molecule has 0 spiro atoms. The van der Waals surface area contributed by atoms with Gasteiger partial charge in [0.1, 0.15) is 6.10 Å². The van der Waals surface area contributed by atoms with Gasteiger partial charge in [-0.15, -0.1) is 0 Å². The Balaban J connectivity index is 1.81. The van der Waals surface area contributed by atoms with Gasteiger partial charge >= 0.3 is 0 Å². The monoisotopic (exact) mass is 290 g/mol. The number of rotatable bonds is 4. The number of nitrogens with two attached hydrogens (primary N) is 1. The summed E-state index contributed by atoms with van der Waals surface area (Å²) in [6.45, 7) is 1.48. The molecular weight excluding hydrogens is 272 g/mol. The second kappa shape index (κ2) is 6.05. The number of hydrogen-bond acceptors (Lipinski definition) is 6. The standard InChI is InChI=1S/C15H18N2O4/c1-18-14-8-10(13-9-15(16)17-21-13)2-3-12(14)20-11-4-6-19-7-5-11/h2-3,8-9,11H,4-7H2,1H3,(H2,16,17). The molecule has 112 valence electrons. The lowest BCUT2D eigenvalue weighted by molar-refractivity contribution is 0.0245. The predicted octanol–water partition coefficient (Wildman–Crippen LogP) is 2.49. The fourth-order valence-corrected chi connectivity index (χ4v) is 2.32. The smallest absolute Gasteiger partial charge is 0.169 e. The second-order valence-electron chi connectivity index (χ2n) is 4.91. The zero-order valence-corrected chi connectivity index (χ0v) is 11.9. The number of aromatic nitrogens is 1. The van der Waals surface area contributed by atoms with Crippen molar-refractivity contribution in [1.82, 2.24) is 5.16 Å². The first-order valence-electron chi connectivity index (χ1n) is 6.91. The summed E-state index contributed by atoms with van der Waals surface area (Å²) >= 11 is 0. The zero-order chi connectivity index (χ0) is 14.7. The molecule has 0 unspecified atom stereocenters. The summed E-state index contributed by atoms with van der Waals surface area (Å²) in [5.41, 5.74) is 6.41. The Bertz CT molecular complexity index is 605. The van der Waals surface area contributed by atoms with Gasteiger partial charge in [0.05, 0.1) is 20.3 Å². The van der Waals surface area contributed by atoms with Gasteiger partial charge in [-0.3, -0.25) is 0 Å². The molecule has 0 amide bonds. The molecule has 6 nitrogen and oxygen atoms in total. The van der Waals surface area contributed by atoms with Gasteiger partial charge in [-0.25, -0.2) is 0 Å². The summed E-state index contributed by atoms with van der Waals surface area (Å²) in [5, 5.41) is 3.68. The van der Waals surface area contributed by atoms with Crippen molar-refractivity contribution in [2.24, 2.45) is 0 Å². The van der Waals surface area contributed by atoms with Crippen LogP contribution in [0.2, 0.25) is 0 Å². The van der Waals surface area contributed by atoms with Crippen molar-refractivity contribution >= 4 is 5.82 Å². The van der Waals surface area contributed by atoms with Crippen molar-refractivity contribution in [1.29, 1.82) is 0 Å². The van der Waals surface area contributed by atoms with E-state index in [-0.39, 0.29) is 6.10 Å². The summed E-state index contributed by atoms with van der Waals surface area (Å²) in [6, 6.07) is 7.31. The number of nitrogens with zero attached hydrogens (tertiary/aromatic N) is 1. The maximum atomic E-state index is 6.00. The summed E-state index contributed by atoms with van der Waals surface area (Å²) in [6.07, 6.45) is 1.95. The molecule has 1 aliphatic rings. The van der Waals surface area contributed by atoms with E-state index in [2.05, 4.69) is 5.16 Å². The molecule has 3 rings (SSSR count). The lowest BCUT2D eigenvalue weighted by atomic mass is 10.1. The van der Waals surface area contributed by atoms with Crippen molar-refractivity contribution in [3.63, 3.8) is 0 Å². The van der Waals surface area contributed by atoms with Crippen LogP contribution < -0.4 is 15.2 Å². The Labute approximate surface area is 122 Å². The first kappa shape index (κ1) is 13.8. The first-order chi connectivity index (χ1) is 10.3. The highest BCUT2D eigenvalue weighted by atomic mass is 16.5. The summed E-state index contributed by atoms with van der Waals surface area (Å²) < 4.78 is 21.9. The fourth-order valence-electron chi connectivity index (χ4n) is 2.32. The Kier molecular flexibility index (Phi) is 3.96. The number of methoxy groups -OCH3 is 1. The van der Waals surface area contributed by atoms with Crippen molar-refractivity contribution in [2.45, 2.75) is 18.9 Å². The molecule has 1 aliphatic heterocycles. The van der Waals surface area contributed by atoms with Crippen LogP contribution in [0.5, 0.6) is 11.5 Å². The third kappa shape index (κ3) is 3.11. The van der Waals surface area contributed by atoms with Crippen LogP contribution in [0.15, 0.2) is 28.8 Å². The van der Waals surface area contributed by atoms with Crippen LogP contribution >= 0.6 is 0 Å². The zero-order valence-electron chi connectivity index (χ0n) is 11.9. The molecule has 0 saturated carbocycles. The van der Waals surface area contributed by atoms with E-state index in [1.165, 1.54) is 0 Å². The minimum absolute atomic E-state index is 0.166. The Morgan fingerprint density at radius 3 is 2.67 bits per heavy atom. The van der Waals surface area contributed by atoms with E-state index >= 15 is 0 Å². The Morgan fingerprint density at radius 1 is 1.19 bits per heavy atom. The number of benzene rings is 1. The van der Waals surface area contributed by atoms with Gasteiger partial charge in [0.25, 0.3) is 0 Å². The predicted molar refractivity (Wildman–Crippen MR) is 77.4 cm³/mol. The van der Waals surface area contributed by atoms with Crippen molar-refractivity contribution in [3.8, 4) is 22.8 Å². The molecule has 6 heteroatoms. The summed E-state index contributed by atoms with van der Waals surface area (Å²) in [7, 11) is 1.62. The van der Waals surface area contributed by atoms with E-state index in [0.717, 1.165) is 37.4 Å². The van der Waals surface area contributed by atoms with Gasteiger partial charge in [0.2, 0.25) is 0 Å². The van der Waals surface area contributed by atoms with Gasteiger partial charge in [-0.1, -0.05) is 5.16 Å². The van der Waals surface area contributed by atoms with Crippen LogP contribution in [-0.2, 0) is 4.74 Å². The van der Waals surface area contributed by atoms with E-state index in [1.807, 2.05) is 18.2 Å². The number of ether oxygens (including phenoxy) is 3. The van der Waals surface area contributed by atoms with Crippen molar-refractivity contribution in [2.75, 3.05) is 26.1 Å². The fraction of sp³-hybridized carbons (Fsp3) is 0.400. The van der Waals surface area contributed by atoms with Crippen molar-refractivity contribution in [3.05, 3.63) is 24.3 Å². The van der Waals surface area contributed by atoms with Crippen LogP contribution in [0.4, 0.5) is 5.82 Å². The van der Waals surface area contributed by atoms with Gasteiger partial charge in [-0.2, -0.15) is 0 Å². The average Bonchev–Trinajstić information content (AvgIpc) is 2.95. The maximum Gasteiger partial charge on any atom is 0.169 e. The Hall–Kier alpha value is -2.21. The SMILES string of the molecule is COc1cc(-c2cc(N)no2)ccc1OC1CCOCC1. The maximum absolute atomic E-state index is 6.00. The largest absolute Gasteiger partial charge is 0.493 e. The van der Waals surface area contributed by atoms with Crippen LogP contribution in [0.25, 0.3) is 11.3 Å². The highest BCUT2D eigenvalue weighted by molar-refractivity contribution is 5.64. The van der Waals surface area contributed by atoms with Gasteiger partial charge in [0, 0.05) is 24.5 Å². The second-order valence-corrected chi connectivity index (χ2v) is 4.91. The van der Waals surface area contributed by atoms with E-state index in [1.54, 1.807) is 13.2 Å². The lowest BCUT2D eigenvalue weighted by Crippen LogP contribution is -2.26. The Morgan fingerprint density at radius 2 is 2.00 bits per heavy atom. The first-order valence-corrected chi connectivity index (χ1v) is 6.91. The third-order valence-electron chi connectivity index (χ3n) is 3.44. The highest BCUT2D eigenvalue weighted by Gasteiger charge is 2.18. The van der Waals surface area contributed by atoms with Gasteiger partial charge < -0.3 is 24.5 Å². The molecule has 0 radical (unpaired) electrons. The molecule has 1 saturated heterocycles. The molecule has 2 N–H and O–H groups in total. The topological polar surface area (TPSA) is 79.7 Å². The van der Waals surface area contributed by atoms with Crippen LogP contribution in [0, 0.1) is 0 Å². The summed E-state index contributed by atoms with van der Waals surface area (Å²) in [4.78, 5) is 0. The average molecular weight is 290 g/mol. The molecule has 1 fully saturated rings. The normalized spacial score (nSPS) is 15.9. The minimum atomic E-state index is 0.166. The summed E-state index contributed by atoms with van der Waals surface area (Å²) in [5.74, 6) is 2.34. The molecule has 2 aromatic rings. The van der Waals surface area contributed by atoms with E-state index in [4.69, 9.17) is 24.5 Å². The molecule has 21 heavy (non-hydrogen) atoms. The molecule has 0 bridgehead atoms. The lowest BCUT2D eigenvalue weighted by Gasteiger charge is -2.24. The van der Waals surface area contributed by atoms with E-state index < -0.39 is 0 Å². The minimum Gasteiger partial charge on any atom is -0.493 e. The van der Waals surface area contributed by atoms with E-state index in [0.29, 0.717) is 17.3 Å². The highest BCUT2D eigenvalue weighted by Crippen LogP contribution is 2.34. The van der Waals surface area contributed by atoms with Crippen molar-refractivity contribution < 1.29 is 18.7 Å². The molecule has 2 heterocycles. The third-order valence-corrected chi connectivity index (χ3v) is 3.44. The van der Waals surface area contributed by atoms with Gasteiger partial charge in [0.15, 0.2) is 23.1 Å². The molecule has 1 aromatic heterocycles. The number of anilines is 1. The molecule has 1 aromatic carbocycles. The molecule has 0 atom stereocenters. The number of nitrogen functional groups attached to an aromatic ring is 1. The van der Waals surface area contributed by atoms with Crippen LogP contribution in [0.1, 0.15) is 12.8 Å². The van der Waals surface area contributed by atoms with Crippen LogP contribution in [-0.4, -0.2) is 31.6 Å². The van der Waals surface area contributed by atoms with E-state index in [9.17, 15) is 0 Å².